The Labute approximate surface area is 266 Å². The van der Waals surface area contributed by atoms with Crippen LogP contribution in [0.25, 0.3) is 33.5 Å². The second-order valence-corrected chi connectivity index (χ2v) is 10.9. The van der Waals surface area contributed by atoms with Crippen molar-refractivity contribution < 1.29 is 23.4 Å². The van der Waals surface area contributed by atoms with Crippen LogP contribution in [-0.2, 0) is 4.79 Å². The van der Waals surface area contributed by atoms with E-state index in [1.54, 1.807) is 55.6 Å². The quantitative estimate of drug-likeness (QED) is 0.169. The lowest BCUT2D eigenvalue weighted by molar-refractivity contribution is -0.118. The molecule has 0 atom stereocenters. The minimum Gasteiger partial charge on any atom is -0.496 e. The predicted octanol–water partition coefficient (Wildman–Crippen LogP) is 6.80. The Morgan fingerprint density at radius 2 is 1.76 bits per heavy atom. The molecule has 0 fully saturated rings. The molecule has 2 heterocycles. The zero-order valence-electron chi connectivity index (χ0n) is 24.5. The molecule has 0 spiro atoms. The van der Waals surface area contributed by atoms with E-state index in [9.17, 15) is 9.59 Å². The molecule has 11 heteroatoms. The van der Waals surface area contributed by atoms with E-state index in [0.717, 1.165) is 10.9 Å². The summed E-state index contributed by atoms with van der Waals surface area (Å²) in [5.74, 6) is 1.41. The van der Waals surface area contributed by atoms with Crippen LogP contribution in [-0.4, -0.2) is 42.6 Å². The fraction of sp³-hybridized carbons (Fsp3) is 0.118. The molecule has 0 radical (unpaired) electrons. The second-order valence-electron chi connectivity index (χ2n) is 9.97. The van der Waals surface area contributed by atoms with Crippen LogP contribution in [0.2, 0.25) is 0 Å². The van der Waals surface area contributed by atoms with Crippen LogP contribution in [0.1, 0.15) is 11.1 Å². The molecular formula is C34H27BrN4O6. The summed E-state index contributed by atoms with van der Waals surface area (Å²) >= 11 is 3.49. The Morgan fingerprint density at radius 1 is 0.978 bits per heavy atom. The number of methoxy groups -OCH3 is 2. The Kier molecular flexibility index (Phi) is 8.35. The molecule has 0 bridgehead atoms. The summed E-state index contributed by atoms with van der Waals surface area (Å²) in [6.45, 7) is 1.61. The molecule has 0 saturated heterocycles. The largest absolute Gasteiger partial charge is 0.496 e. The minimum atomic E-state index is -0.402. The first-order valence-corrected chi connectivity index (χ1v) is 14.6. The normalized spacial score (nSPS) is 11.3. The topological polar surface area (TPSA) is 117 Å². The Hall–Kier alpha value is -5.42. The smallest absolute Gasteiger partial charge is 0.282 e. The molecule has 6 rings (SSSR count). The van der Waals surface area contributed by atoms with Crippen molar-refractivity contribution in [3.63, 3.8) is 0 Å². The van der Waals surface area contributed by atoms with E-state index in [2.05, 4.69) is 26.3 Å². The summed E-state index contributed by atoms with van der Waals surface area (Å²) in [6, 6.07) is 25.1. The molecule has 0 saturated carbocycles. The number of furan rings is 1. The fourth-order valence-electron chi connectivity index (χ4n) is 4.86. The van der Waals surface area contributed by atoms with Crippen molar-refractivity contribution in [3.05, 3.63) is 111 Å². The van der Waals surface area contributed by atoms with Crippen molar-refractivity contribution in [2.45, 2.75) is 6.92 Å². The average Bonchev–Trinajstić information content (AvgIpc) is 3.49. The van der Waals surface area contributed by atoms with Crippen LogP contribution in [0.4, 0.5) is 5.69 Å². The minimum absolute atomic E-state index is 0.190. The molecular weight excluding hydrogens is 640 g/mol. The maximum Gasteiger partial charge on any atom is 0.282 e. The van der Waals surface area contributed by atoms with Crippen LogP contribution in [0.5, 0.6) is 17.2 Å². The third-order valence-corrected chi connectivity index (χ3v) is 7.52. The van der Waals surface area contributed by atoms with E-state index >= 15 is 0 Å². The number of amides is 1. The Balaban J connectivity index is 1.41. The van der Waals surface area contributed by atoms with Gasteiger partial charge in [-0.1, -0.05) is 52.3 Å². The van der Waals surface area contributed by atoms with Crippen molar-refractivity contribution in [2.24, 2.45) is 5.10 Å². The standard InChI is InChI=1S/C34H27BrN4O6/c1-20-9-4-6-11-25(20)37-31(40)19-44-32-21(15-22(35)16-29(32)43-3)18-36-39-33(38-26-12-7-5-10-23(26)34(39)41)30-17-24-27(42-2)13-8-14-28(24)45-30/h4-18H,19H2,1-3H3,(H,37,40). The van der Waals surface area contributed by atoms with Crippen LogP contribution >= 0.6 is 15.9 Å². The lowest BCUT2D eigenvalue weighted by atomic mass is 10.2. The van der Waals surface area contributed by atoms with Gasteiger partial charge < -0.3 is 23.9 Å². The maximum atomic E-state index is 13.8. The van der Waals surface area contributed by atoms with Gasteiger partial charge in [-0.25, -0.2) is 4.98 Å². The van der Waals surface area contributed by atoms with Crippen molar-refractivity contribution in [2.75, 3.05) is 26.1 Å². The molecule has 0 aliphatic rings. The van der Waals surface area contributed by atoms with Gasteiger partial charge in [0, 0.05) is 15.7 Å². The zero-order valence-corrected chi connectivity index (χ0v) is 26.1. The number of aryl methyl sites for hydroxylation is 1. The number of anilines is 1. The molecule has 2 aromatic heterocycles. The number of hydrogen-bond donors (Lipinski definition) is 1. The van der Waals surface area contributed by atoms with Crippen LogP contribution < -0.4 is 25.1 Å². The van der Waals surface area contributed by atoms with Gasteiger partial charge >= 0.3 is 0 Å². The van der Waals surface area contributed by atoms with Crippen LogP contribution in [0, 0.1) is 6.92 Å². The van der Waals surface area contributed by atoms with Gasteiger partial charge in [0.25, 0.3) is 11.5 Å². The zero-order chi connectivity index (χ0) is 31.5. The first kappa shape index (κ1) is 29.6. The summed E-state index contributed by atoms with van der Waals surface area (Å²) in [5.41, 5.74) is 2.72. The third-order valence-electron chi connectivity index (χ3n) is 7.06. The van der Waals surface area contributed by atoms with E-state index in [4.69, 9.17) is 23.6 Å². The number of ether oxygens (including phenoxy) is 3. The van der Waals surface area contributed by atoms with Gasteiger partial charge in [0.05, 0.1) is 36.7 Å². The second kappa shape index (κ2) is 12.7. The number of benzene rings is 4. The molecule has 1 amide bonds. The molecule has 45 heavy (non-hydrogen) atoms. The summed E-state index contributed by atoms with van der Waals surface area (Å²) in [5, 5.41) is 8.53. The summed E-state index contributed by atoms with van der Waals surface area (Å²) < 4.78 is 25.0. The number of hydrogen-bond acceptors (Lipinski definition) is 8. The summed E-state index contributed by atoms with van der Waals surface area (Å²) in [4.78, 5) is 31.3. The summed E-state index contributed by atoms with van der Waals surface area (Å²) in [6.07, 6.45) is 1.45. The maximum absolute atomic E-state index is 13.8. The molecule has 0 aliphatic carbocycles. The highest BCUT2D eigenvalue weighted by Crippen LogP contribution is 2.35. The molecule has 4 aromatic carbocycles. The lowest BCUT2D eigenvalue weighted by Gasteiger charge is -2.15. The van der Waals surface area contributed by atoms with Gasteiger partial charge in [0.2, 0.25) is 5.82 Å². The average molecular weight is 668 g/mol. The van der Waals surface area contributed by atoms with E-state index in [1.165, 1.54) is 18.0 Å². The van der Waals surface area contributed by atoms with E-state index < -0.39 is 5.56 Å². The number of halogens is 1. The van der Waals surface area contributed by atoms with Gasteiger partial charge in [-0.15, -0.1) is 0 Å². The SMILES string of the molecule is COc1cc(Br)cc(C=Nn2c(-c3cc4c(OC)cccc4o3)nc3ccccc3c2=O)c1OCC(=O)Nc1ccccc1C. The van der Waals surface area contributed by atoms with Gasteiger partial charge in [-0.2, -0.15) is 9.78 Å². The first-order chi connectivity index (χ1) is 21.9. The number of fused-ring (bicyclic) bond motifs is 2. The first-order valence-electron chi connectivity index (χ1n) is 13.8. The van der Waals surface area contributed by atoms with Crippen molar-refractivity contribution >= 4 is 55.6 Å². The van der Waals surface area contributed by atoms with Crippen LogP contribution in [0.15, 0.2) is 104 Å². The lowest BCUT2D eigenvalue weighted by Crippen LogP contribution is -2.21. The Morgan fingerprint density at radius 3 is 2.56 bits per heavy atom. The molecule has 6 aromatic rings. The van der Waals surface area contributed by atoms with Crippen molar-refractivity contribution in [3.8, 4) is 28.8 Å². The molecule has 0 aliphatic heterocycles. The van der Waals surface area contributed by atoms with Crippen molar-refractivity contribution in [1.82, 2.24) is 9.66 Å². The summed E-state index contributed by atoms with van der Waals surface area (Å²) in [7, 11) is 3.07. The van der Waals surface area contributed by atoms with E-state index in [0.29, 0.717) is 49.5 Å². The van der Waals surface area contributed by atoms with Crippen LogP contribution in [0.3, 0.4) is 0 Å². The number of aromatic nitrogens is 2. The molecule has 0 unspecified atom stereocenters. The number of carbonyl (C=O) groups excluding carboxylic acids is 1. The van der Waals surface area contributed by atoms with Gasteiger partial charge in [-0.3, -0.25) is 9.59 Å². The highest BCUT2D eigenvalue weighted by molar-refractivity contribution is 9.10. The van der Waals surface area contributed by atoms with Crippen molar-refractivity contribution in [1.29, 1.82) is 0 Å². The Bertz CT molecular complexity index is 2150. The number of nitrogens with one attached hydrogen (secondary N) is 1. The molecule has 1 N–H and O–H groups in total. The van der Waals surface area contributed by atoms with Gasteiger partial charge in [0.15, 0.2) is 23.9 Å². The molecule has 10 nitrogen and oxygen atoms in total. The monoisotopic (exact) mass is 666 g/mol. The highest BCUT2D eigenvalue weighted by Gasteiger charge is 2.19. The number of para-hydroxylation sites is 2. The van der Waals surface area contributed by atoms with E-state index in [1.807, 2.05) is 43.3 Å². The highest BCUT2D eigenvalue weighted by atomic mass is 79.9. The third kappa shape index (κ3) is 6.02. The van der Waals surface area contributed by atoms with E-state index in [-0.39, 0.29) is 24.1 Å². The number of rotatable bonds is 9. The fourth-order valence-corrected chi connectivity index (χ4v) is 5.32. The number of carbonyl (C=O) groups is 1. The van der Waals surface area contributed by atoms with Gasteiger partial charge in [-0.05, 0) is 61.0 Å². The predicted molar refractivity (Wildman–Crippen MR) is 177 cm³/mol. The van der Waals surface area contributed by atoms with Gasteiger partial charge in [0.1, 0.15) is 11.3 Å². The molecule has 226 valence electrons. The number of nitrogens with zero attached hydrogens (tertiary/aromatic N) is 3.